The van der Waals surface area contributed by atoms with Crippen LogP contribution in [-0.2, 0) is 25.7 Å². The van der Waals surface area contributed by atoms with Crippen molar-refractivity contribution in [2.75, 3.05) is 0 Å². The molecule has 0 aliphatic heterocycles. The maximum Gasteiger partial charge on any atom is -0.00575 e. The van der Waals surface area contributed by atoms with Crippen LogP contribution in [0.25, 0.3) is 33.0 Å². The molecule has 4 aromatic rings. The highest BCUT2D eigenvalue weighted by molar-refractivity contribution is 5.98. The molecule has 0 heteroatoms. The number of rotatable bonds is 1. The summed E-state index contributed by atoms with van der Waals surface area (Å²) in [5.74, 6) is 0. The Hall–Kier alpha value is -2.86. The maximum absolute atomic E-state index is 3.79. The van der Waals surface area contributed by atoms with E-state index in [0.717, 1.165) is 12.8 Å². The van der Waals surface area contributed by atoms with Gasteiger partial charge >= 0.3 is 0 Å². The fraction of sp³-hybridized carbons (Fsp3) is 0.214. The van der Waals surface area contributed by atoms with E-state index in [4.69, 9.17) is 0 Å². The lowest BCUT2D eigenvalue weighted by Gasteiger charge is -2.21. The molecule has 0 nitrogen and oxygen atoms in total. The van der Waals surface area contributed by atoms with E-state index in [2.05, 4.69) is 72.8 Å². The highest BCUT2D eigenvalue weighted by atomic mass is 14.2. The minimum absolute atomic E-state index is 1.08. The molecule has 2 aliphatic rings. The molecule has 0 heterocycles. The van der Waals surface area contributed by atoms with Gasteiger partial charge in [0, 0.05) is 0 Å². The van der Waals surface area contributed by atoms with Crippen LogP contribution < -0.4 is 0 Å². The average molecular weight is 359 g/mol. The second-order valence-corrected chi connectivity index (χ2v) is 8.28. The van der Waals surface area contributed by atoms with Crippen molar-refractivity contribution in [3.8, 4) is 22.3 Å². The molecule has 0 spiro atoms. The summed E-state index contributed by atoms with van der Waals surface area (Å²) in [5.41, 5.74) is 11.3. The van der Waals surface area contributed by atoms with Crippen LogP contribution in [0.5, 0.6) is 0 Å². The van der Waals surface area contributed by atoms with Gasteiger partial charge < -0.3 is 0 Å². The first-order valence-corrected chi connectivity index (χ1v) is 10.6. The summed E-state index contributed by atoms with van der Waals surface area (Å²) in [4.78, 5) is 0. The molecule has 28 heavy (non-hydrogen) atoms. The summed E-state index contributed by atoms with van der Waals surface area (Å²) >= 11 is 0. The molecule has 0 aromatic heterocycles. The molecule has 0 unspecified atom stereocenters. The van der Waals surface area contributed by atoms with E-state index in [0.29, 0.717) is 0 Å². The Morgan fingerprint density at radius 2 is 1.39 bits per heavy atom. The van der Waals surface area contributed by atoms with Crippen molar-refractivity contribution in [2.45, 2.75) is 38.5 Å². The lowest BCUT2D eigenvalue weighted by atomic mass is 9.83. The second-order valence-electron chi connectivity index (χ2n) is 8.28. The zero-order chi connectivity index (χ0) is 18.5. The number of fused-ring (bicyclic) bond motifs is 5. The topological polar surface area (TPSA) is 0 Å². The highest BCUT2D eigenvalue weighted by Crippen LogP contribution is 2.38. The van der Waals surface area contributed by atoms with E-state index in [1.807, 2.05) is 0 Å². The molecule has 4 aromatic carbocycles. The SMILES string of the molecule is [c]1c(-c2cccc3cc4c(cc23)CCCC4)ccc2c1CCc1ccccc1-2. The van der Waals surface area contributed by atoms with Crippen molar-refractivity contribution in [2.24, 2.45) is 0 Å². The van der Waals surface area contributed by atoms with Gasteiger partial charge in [0.25, 0.3) is 0 Å². The van der Waals surface area contributed by atoms with Gasteiger partial charge in [-0.15, -0.1) is 0 Å². The van der Waals surface area contributed by atoms with Crippen molar-refractivity contribution < 1.29 is 0 Å². The molecule has 2 aliphatic carbocycles. The average Bonchev–Trinajstić information content (AvgIpc) is 2.76. The summed E-state index contributed by atoms with van der Waals surface area (Å²) in [6.07, 6.45) is 7.32. The third-order valence-electron chi connectivity index (χ3n) is 6.61. The summed E-state index contributed by atoms with van der Waals surface area (Å²) in [6.45, 7) is 0. The monoisotopic (exact) mass is 359 g/mol. The van der Waals surface area contributed by atoms with E-state index in [1.165, 1.54) is 69.8 Å². The van der Waals surface area contributed by atoms with Gasteiger partial charge in [-0.2, -0.15) is 0 Å². The van der Waals surface area contributed by atoms with Crippen molar-refractivity contribution in [3.05, 3.63) is 95.1 Å². The van der Waals surface area contributed by atoms with Crippen LogP contribution in [0, 0.1) is 6.07 Å². The standard InChI is InChI=1S/C28H23/c1-2-8-21-18-28-22(16-20(21)7-1)9-5-11-26(28)24-14-15-27-23(17-24)13-12-19-6-3-4-10-25(19)27/h3-6,9-11,14-16,18H,1-2,7-8,12-13H2. The lowest BCUT2D eigenvalue weighted by molar-refractivity contribution is 0.687. The zero-order valence-electron chi connectivity index (χ0n) is 16.1. The van der Waals surface area contributed by atoms with E-state index in [1.54, 1.807) is 11.1 Å². The van der Waals surface area contributed by atoms with Gasteiger partial charge in [-0.25, -0.2) is 0 Å². The normalized spacial score (nSPS) is 15.0. The van der Waals surface area contributed by atoms with Crippen LogP contribution in [0.3, 0.4) is 0 Å². The first-order chi connectivity index (χ1) is 13.9. The van der Waals surface area contributed by atoms with Crippen molar-refractivity contribution in [1.29, 1.82) is 0 Å². The van der Waals surface area contributed by atoms with Crippen molar-refractivity contribution in [3.63, 3.8) is 0 Å². The van der Waals surface area contributed by atoms with Crippen LogP contribution in [0.2, 0.25) is 0 Å². The van der Waals surface area contributed by atoms with Gasteiger partial charge in [0.05, 0.1) is 0 Å². The van der Waals surface area contributed by atoms with Gasteiger partial charge in [-0.1, -0.05) is 66.7 Å². The second kappa shape index (κ2) is 6.34. The lowest BCUT2D eigenvalue weighted by Crippen LogP contribution is -2.04. The number of benzene rings is 4. The van der Waals surface area contributed by atoms with Gasteiger partial charge in [-0.05, 0) is 99.9 Å². The predicted molar refractivity (Wildman–Crippen MR) is 118 cm³/mol. The third kappa shape index (κ3) is 2.52. The van der Waals surface area contributed by atoms with Gasteiger partial charge in [-0.3, -0.25) is 0 Å². The summed E-state index contributed by atoms with van der Waals surface area (Å²) in [7, 11) is 0. The Balaban J connectivity index is 1.51. The molecule has 0 amide bonds. The molecule has 135 valence electrons. The fourth-order valence-corrected chi connectivity index (χ4v) is 5.15. The van der Waals surface area contributed by atoms with Crippen LogP contribution in [0.4, 0.5) is 0 Å². The van der Waals surface area contributed by atoms with Crippen LogP contribution in [-0.4, -0.2) is 0 Å². The Labute approximate surface area is 166 Å². The molecule has 0 atom stereocenters. The molecule has 0 N–H and O–H groups in total. The largest absolute Gasteiger partial charge is 0.0620 e. The maximum atomic E-state index is 3.79. The molecule has 1 radical (unpaired) electrons. The fourth-order valence-electron chi connectivity index (χ4n) is 5.15. The number of aryl methyl sites for hydroxylation is 4. The van der Waals surface area contributed by atoms with Crippen molar-refractivity contribution in [1.82, 2.24) is 0 Å². The molecular formula is C28H23. The highest BCUT2D eigenvalue weighted by Gasteiger charge is 2.17. The first-order valence-electron chi connectivity index (χ1n) is 10.6. The van der Waals surface area contributed by atoms with Gasteiger partial charge in [0.2, 0.25) is 0 Å². The molecular weight excluding hydrogens is 336 g/mol. The van der Waals surface area contributed by atoms with Crippen LogP contribution in [0.15, 0.2) is 66.7 Å². The van der Waals surface area contributed by atoms with Gasteiger partial charge in [0.15, 0.2) is 0 Å². The first kappa shape index (κ1) is 16.1. The van der Waals surface area contributed by atoms with E-state index in [-0.39, 0.29) is 0 Å². The minimum Gasteiger partial charge on any atom is -0.0620 e. The summed E-state index contributed by atoms with van der Waals surface area (Å²) in [6, 6.07) is 28.8. The smallest absolute Gasteiger partial charge is 0.00575 e. The Morgan fingerprint density at radius 3 is 2.32 bits per heavy atom. The minimum atomic E-state index is 1.08. The van der Waals surface area contributed by atoms with Crippen LogP contribution in [0.1, 0.15) is 35.1 Å². The quantitative estimate of drug-likeness (QED) is 0.345. The van der Waals surface area contributed by atoms with Crippen molar-refractivity contribution >= 4 is 10.8 Å². The summed E-state index contributed by atoms with van der Waals surface area (Å²) in [5, 5.41) is 2.75. The molecule has 0 saturated carbocycles. The third-order valence-corrected chi connectivity index (χ3v) is 6.61. The number of hydrogen-bond acceptors (Lipinski definition) is 0. The Kier molecular flexibility index (Phi) is 3.65. The van der Waals surface area contributed by atoms with Gasteiger partial charge in [0.1, 0.15) is 0 Å². The molecule has 6 rings (SSSR count). The van der Waals surface area contributed by atoms with E-state index < -0.39 is 0 Å². The van der Waals surface area contributed by atoms with Crippen LogP contribution >= 0.6 is 0 Å². The summed E-state index contributed by atoms with van der Waals surface area (Å²) < 4.78 is 0. The number of hydrogen-bond donors (Lipinski definition) is 0. The molecule has 0 saturated heterocycles. The van der Waals surface area contributed by atoms with E-state index >= 15 is 0 Å². The molecule has 0 bridgehead atoms. The molecule has 0 fully saturated rings. The Bertz CT molecular complexity index is 1210. The predicted octanol–water partition coefficient (Wildman–Crippen LogP) is 6.95. The zero-order valence-corrected chi connectivity index (χ0v) is 16.1. The Morgan fingerprint density at radius 1 is 0.571 bits per heavy atom. The van der Waals surface area contributed by atoms with E-state index in [9.17, 15) is 0 Å².